The summed E-state index contributed by atoms with van der Waals surface area (Å²) in [5.41, 5.74) is 2.03. The van der Waals surface area contributed by atoms with Crippen molar-refractivity contribution in [1.29, 1.82) is 0 Å². The smallest absolute Gasteiger partial charge is 0.225 e. The number of hydrogen-bond acceptors (Lipinski definition) is 9. The number of methoxy groups -OCH3 is 1. The second-order valence-corrected chi connectivity index (χ2v) is 9.61. The van der Waals surface area contributed by atoms with Crippen LogP contribution in [0.4, 0.5) is 11.8 Å². The number of aromatic nitrogens is 5. The molecule has 4 aromatic rings. The van der Waals surface area contributed by atoms with E-state index in [1.807, 2.05) is 48.6 Å². The lowest BCUT2D eigenvalue weighted by molar-refractivity contribution is 0.419. The van der Waals surface area contributed by atoms with Crippen molar-refractivity contribution in [3.8, 4) is 5.75 Å². The number of benzene rings is 1. The van der Waals surface area contributed by atoms with E-state index >= 15 is 0 Å². The van der Waals surface area contributed by atoms with Gasteiger partial charge in [-0.3, -0.25) is 4.68 Å². The molecule has 3 aromatic heterocycles. The first kappa shape index (κ1) is 20.1. The average Bonchev–Trinajstić information content (AvgIpc) is 3.18. The highest BCUT2D eigenvalue weighted by molar-refractivity contribution is 8.00. The van der Waals surface area contributed by atoms with Crippen LogP contribution in [0.3, 0.4) is 0 Å². The minimum absolute atomic E-state index is 0.301. The number of aryl methyl sites for hydroxylation is 1. The Balaban J connectivity index is 1.41. The third-order valence-corrected chi connectivity index (χ3v) is 7.30. The van der Waals surface area contributed by atoms with Gasteiger partial charge in [0.05, 0.1) is 19.9 Å². The summed E-state index contributed by atoms with van der Waals surface area (Å²) in [5, 5.41) is 12.2. The maximum absolute atomic E-state index is 5.56. The minimum atomic E-state index is 0.301. The molecule has 1 aliphatic carbocycles. The first-order chi connectivity index (χ1) is 15.1. The van der Waals surface area contributed by atoms with Crippen LogP contribution in [0.25, 0.3) is 10.9 Å². The van der Waals surface area contributed by atoms with Crippen molar-refractivity contribution in [2.24, 2.45) is 7.05 Å². The van der Waals surface area contributed by atoms with Gasteiger partial charge in [0.2, 0.25) is 5.95 Å². The first-order valence-corrected chi connectivity index (χ1v) is 12.0. The molecule has 10 heteroatoms. The van der Waals surface area contributed by atoms with E-state index in [0.717, 1.165) is 38.1 Å². The maximum Gasteiger partial charge on any atom is 0.225 e. The lowest BCUT2D eigenvalue weighted by atomic mass is 10.2. The fraction of sp³-hybridized carbons (Fsp3) is 0.333. The largest absolute Gasteiger partial charge is 0.494 e. The van der Waals surface area contributed by atoms with Gasteiger partial charge < -0.3 is 15.4 Å². The molecule has 0 amide bonds. The summed E-state index contributed by atoms with van der Waals surface area (Å²) < 4.78 is 8.46. The number of rotatable bonds is 8. The number of anilines is 2. The second kappa shape index (κ2) is 8.35. The van der Waals surface area contributed by atoms with Gasteiger partial charge in [0.15, 0.2) is 0 Å². The molecular formula is C21H23N7OS2. The van der Waals surface area contributed by atoms with Gasteiger partial charge in [-0.2, -0.15) is 10.1 Å². The highest BCUT2D eigenvalue weighted by atomic mass is 32.2. The Morgan fingerprint density at radius 1 is 1.29 bits per heavy atom. The number of hydrogen-bond donors (Lipinski definition) is 2. The monoisotopic (exact) mass is 453 g/mol. The third-order valence-electron chi connectivity index (χ3n) is 5.30. The molecule has 1 aromatic carbocycles. The van der Waals surface area contributed by atoms with Crippen LogP contribution in [-0.4, -0.2) is 44.1 Å². The lowest BCUT2D eigenvalue weighted by Crippen LogP contribution is -2.10. The Bertz CT molecular complexity index is 1220. The highest BCUT2D eigenvalue weighted by Crippen LogP contribution is 2.42. The summed E-state index contributed by atoms with van der Waals surface area (Å²) in [6.45, 7) is 0.655. The molecule has 1 saturated carbocycles. The van der Waals surface area contributed by atoms with Gasteiger partial charge in [-0.15, -0.1) is 11.3 Å². The van der Waals surface area contributed by atoms with Crippen molar-refractivity contribution < 1.29 is 4.74 Å². The molecule has 0 spiro atoms. The minimum Gasteiger partial charge on any atom is -0.494 e. The van der Waals surface area contributed by atoms with Crippen molar-refractivity contribution in [2.45, 2.75) is 29.3 Å². The molecule has 0 saturated heterocycles. The van der Waals surface area contributed by atoms with E-state index in [4.69, 9.17) is 14.7 Å². The molecule has 0 radical (unpaired) electrons. The number of ether oxygens (including phenoxy) is 1. The van der Waals surface area contributed by atoms with Gasteiger partial charge in [0.1, 0.15) is 21.4 Å². The van der Waals surface area contributed by atoms with Crippen molar-refractivity contribution >= 4 is 45.8 Å². The first-order valence-electron chi connectivity index (χ1n) is 9.97. The van der Waals surface area contributed by atoms with Crippen molar-refractivity contribution in [3.63, 3.8) is 0 Å². The predicted octanol–water partition coefficient (Wildman–Crippen LogP) is 4.13. The van der Waals surface area contributed by atoms with Gasteiger partial charge in [-0.1, -0.05) is 17.8 Å². The maximum atomic E-state index is 5.56. The SMILES string of the molecule is COc1cccc2c(NCc3cnc(SC)s3)nc(N[C@@H]3C[C@H]3c3cnn(C)c3)nc12. The van der Waals surface area contributed by atoms with E-state index in [1.165, 1.54) is 5.56 Å². The van der Waals surface area contributed by atoms with Gasteiger partial charge in [-0.25, -0.2) is 9.97 Å². The van der Waals surface area contributed by atoms with Crippen LogP contribution >= 0.6 is 23.1 Å². The van der Waals surface area contributed by atoms with Crippen molar-refractivity contribution in [2.75, 3.05) is 24.0 Å². The summed E-state index contributed by atoms with van der Waals surface area (Å²) in [4.78, 5) is 15.1. The number of nitrogens with one attached hydrogen (secondary N) is 2. The quantitative estimate of drug-likeness (QED) is 0.385. The van der Waals surface area contributed by atoms with E-state index < -0.39 is 0 Å². The molecule has 2 atom stereocenters. The molecule has 3 heterocycles. The molecular weight excluding hydrogens is 430 g/mol. The molecule has 8 nitrogen and oxygen atoms in total. The van der Waals surface area contributed by atoms with Gasteiger partial charge in [0.25, 0.3) is 0 Å². The molecule has 1 aliphatic rings. The zero-order valence-corrected chi connectivity index (χ0v) is 19.1. The van der Waals surface area contributed by atoms with Crippen molar-refractivity contribution in [3.05, 3.63) is 47.2 Å². The standard InChI is InChI=1S/C21H23N7OS2/c1-28-11-12(8-24-28)15-7-16(15)25-20-26-18-14(5-4-6-17(18)29-2)19(27-20)22-9-13-10-23-21(30-3)31-13/h4-6,8,10-11,15-16H,7,9H2,1-3H3,(H2,22,25,26,27)/t15-,16+/m0/s1. The second-order valence-electron chi connectivity index (χ2n) is 7.44. The Morgan fingerprint density at radius 3 is 2.94 bits per heavy atom. The zero-order chi connectivity index (χ0) is 21.4. The number of fused-ring (bicyclic) bond motifs is 1. The number of nitrogens with zero attached hydrogens (tertiary/aromatic N) is 5. The predicted molar refractivity (Wildman–Crippen MR) is 125 cm³/mol. The zero-order valence-electron chi connectivity index (χ0n) is 17.5. The fourth-order valence-corrected chi connectivity index (χ4v) is 5.04. The number of thioether (sulfide) groups is 1. The topological polar surface area (TPSA) is 89.8 Å². The Hall–Kier alpha value is -2.85. The van der Waals surface area contributed by atoms with E-state index in [-0.39, 0.29) is 0 Å². The highest BCUT2D eigenvalue weighted by Gasteiger charge is 2.39. The van der Waals surface area contributed by atoms with Crippen LogP contribution in [0.5, 0.6) is 5.75 Å². The third kappa shape index (κ3) is 4.17. The van der Waals surface area contributed by atoms with Crippen LogP contribution in [0.1, 0.15) is 22.8 Å². The summed E-state index contributed by atoms with van der Waals surface area (Å²) in [7, 11) is 3.61. The van der Waals surface area contributed by atoms with Gasteiger partial charge in [-0.05, 0) is 30.4 Å². The molecule has 2 N–H and O–H groups in total. The average molecular weight is 454 g/mol. The van der Waals surface area contributed by atoms with Crippen LogP contribution in [0.15, 0.2) is 41.1 Å². The normalized spacial score (nSPS) is 17.6. The summed E-state index contributed by atoms with van der Waals surface area (Å²) >= 11 is 3.34. The molecule has 0 bridgehead atoms. The van der Waals surface area contributed by atoms with Gasteiger partial charge >= 0.3 is 0 Å². The van der Waals surface area contributed by atoms with Crippen LogP contribution in [0, 0.1) is 0 Å². The molecule has 5 rings (SSSR count). The Labute approximate surface area is 188 Å². The number of thiazole rings is 1. The van der Waals surface area contributed by atoms with E-state index in [2.05, 4.69) is 26.9 Å². The van der Waals surface area contributed by atoms with Crippen LogP contribution in [0.2, 0.25) is 0 Å². The Kier molecular flexibility index (Phi) is 5.41. The molecule has 1 fully saturated rings. The van der Waals surface area contributed by atoms with E-state index in [1.54, 1.807) is 30.2 Å². The van der Waals surface area contributed by atoms with Crippen LogP contribution in [-0.2, 0) is 13.6 Å². The molecule has 160 valence electrons. The number of para-hydroxylation sites is 1. The van der Waals surface area contributed by atoms with Gasteiger partial charge in [0, 0.05) is 41.7 Å². The summed E-state index contributed by atoms with van der Waals surface area (Å²) in [6.07, 6.45) is 8.99. The summed E-state index contributed by atoms with van der Waals surface area (Å²) in [6, 6.07) is 6.20. The molecule has 0 aliphatic heterocycles. The summed E-state index contributed by atoms with van der Waals surface area (Å²) in [5.74, 6) is 2.55. The lowest BCUT2D eigenvalue weighted by Gasteiger charge is -2.13. The van der Waals surface area contributed by atoms with E-state index in [0.29, 0.717) is 24.5 Å². The van der Waals surface area contributed by atoms with E-state index in [9.17, 15) is 0 Å². The Morgan fingerprint density at radius 2 is 2.19 bits per heavy atom. The fourth-order valence-electron chi connectivity index (χ4n) is 3.65. The van der Waals surface area contributed by atoms with Crippen molar-refractivity contribution in [1.82, 2.24) is 24.7 Å². The van der Waals surface area contributed by atoms with Crippen LogP contribution < -0.4 is 15.4 Å². The molecule has 31 heavy (non-hydrogen) atoms. The molecule has 0 unspecified atom stereocenters.